The summed E-state index contributed by atoms with van der Waals surface area (Å²) in [5, 5.41) is 3.19. The molecule has 1 aliphatic heterocycles. The van der Waals surface area contributed by atoms with Crippen LogP contribution in [0.2, 0.25) is 5.15 Å². The number of nitrogens with one attached hydrogen (secondary N) is 1. The van der Waals surface area contributed by atoms with Gasteiger partial charge < -0.3 is 15.0 Å². The summed E-state index contributed by atoms with van der Waals surface area (Å²) < 4.78 is 5.84. The number of amides is 1. The Bertz CT molecular complexity index is 974. The van der Waals surface area contributed by atoms with Crippen LogP contribution < -0.4 is 15.0 Å². The van der Waals surface area contributed by atoms with E-state index in [-0.39, 0.29) is 5.91 Å². The van der Waals surface area contributed by atoms with Crippen LogP contribution in [0, 0.1) is 6.92 Å². The van der Waals surface area contributed by atoms with Crippen molar-refractivity contribution in [2.75, 3.05) is 23.4 Å². The lowest BCUT2D eigenvalue weighted by molar-refractivity contribution is 0.102. The number of rotatable bonds is 3. The van der Waals surface area contributed by atoms with E-state index >= 15 is 0 Å². The summed E-state index contributed by atoms with van der Waals surface area (Å²) in [7, 11) is 0. The van der Waals surface area contributed by atoms with Crippen molar-refractivity contribution in [2.45, 2.75) is 6.92 Å². The lowest BCUT2D eigenvalue weighted by Gasteiger charge is -2.31. The highest BCUT2D eigenvalue weighted by Gasteiger charge is 2.25. The molecule has 0 spiro atoms. The number of carbonyl (C=O) groups is 1. The van der Waals surface area contributed by atoms with Crippen molar-refractivity contribution in [1.82, 2.24) is 9.97 Å². The molecule has 0 saturated carbocycles. The van der Waals surface area contributed by atoms with Crippen LogP contribution in [0.25, 0.3) is 0 Å². The first-order valence-electron chi connectivity index (χ1n) is 8.51. The van der Waals surface area contributed by atoms with Gasteiger partial charge in [0, 0.05) is 6.20 Å². The molecular weight excluding hydrogens is 364 g/mol. The fourth-order valence-corrected chi connectivity index (χ4v) is 3.04. The van der Waals surface area contributed by atoms with E-state index in [1.54, 1.807) is 18.2 Å². The molecule has 0 fully saturated rings. The molecule has 4 rings (SSSR count). The fourth-order valence-electron chi connectivity index (χ4n) is 2.93. The van der Waals surface area contributed by atoms with Gasteiger partial charge in [0.1, 0.15) is 17.6 Å². The number of ether oxygens (including phenoxy) is 1. The number of aromatic nitrogens is 2. The number of pyridine rings is 2. The lowest BCUT2D eigenvalue weighted by atomic mass is 10.1. The number of para-hydroxylation sites is 1. The first-order chi connectivity index (χ1) is 13.1. The Balaban J connectivity index is 1.66. The maximum Gasteiger partial charge on any atom is 0.259 e. The van der Waals surface area contributed by atoms with E-state index in [4.69, 9.17) is 16.3 Å². The highest BCUT2D eigenvalue weighted by molar-refractivity contribution is 6.29. The molecule has 27 heavy (non-hydrogen) atoms. The molecule has 0 atom stereocenters. The zero-order valence-electron chi connectivity index (χ0n) is 14.6. The van der Waals surface area contributed by atoms with Crippen molar-refractivity contribution in [3.8, 4) is 5.75 Å². The number of aryl methyl sites for hydroxylation is 1. The number of benzene rings is 1. The normalized spacial score (nSPS) is 12.9. The van der Waals surface area contributed by atoms with Gasteiger partial charge in [-0.3, -0.25) is 4.79 Å². The number of halogens is 1. The Labute approximate surface area is 161 Å². The molecule has 1 aliphatic rings. The van der Waals surface area contributed by atoms with E-state index < -0.39 is 0 Å². The molecule has 3 heterocycles. The SMILES string of the molecule is Cc1ccc(N2CCOc3c(C(=O)Nc4ccc(Cl)nc4)cccc32)nc1. The minimum absolute atomic E-state index is 0.269. The van der Waals surface area contributed by atoms with Crippen LogP contribution in [0.3, 0.4) is 0 Å². The van der Waals surface area contributed by atoms with Crippen molar-refractivity contribution in [3.63, 3.8) is 0 Å². The summed E-state index contributed by atoms with van der Waals surface area (Å²) >= 11 is 5.79. The number of fused-ring (bicyclic) bond motifs is 1. The lowest BCUT2D eigenvalue weighted by Crippen LogP contribution is -2.30. The molecule has 2 aromatic heterocycles. The summed E-state index contributed by atoms with van der Waals surface area (Å²) in [5.74, 6) is 1.10. The van der Waals surface area contributed by atoms with Gasteiger partial charge in [-0.2, -0.15) is 0 Å². The molecular formula is C20H17ClN4O2. The highest BCUT2D eigenvalue weighted by Crippen LogP contribution is 2.38. The standard InChI is InChI=1S/C20H17ClN4O2/c1-13-5-8-18(23-11-13)25-9-10-27-19-15(3-2-4-16(19)25)20(26)24-14-6-7-17(21)22-12-14/h2-8,11-12H,9-10H2,1H3,(H,24,26). The fraction of sp³-hybridized carbons (Fsp3) is 0.150. The Morgan fingerprint density at radius 3 is 2.78 bits per heavy atom. The summed E-state index contributed by atoms with van der Waals surface area (Å²) in [5.41, 5.74) is 2.94. The van der Waals surface area contributed by atoms with Gasteiger partial charge in [0.15, 0.2) is 5.75 Å². The predicted molar refractivity (Wildman–Crippen MR) is 105 cm³/mol. The van der Waals surface area contributed by atoms with Gasteiger partial charge in [-0.25, -0.2) is 9.97 Å². The number of hydrogen-bond donors (Lipinski definition) is 1. The summed E-state index contributed by atoms with van der Waals surface area (Å²) in [6.45, 7) is 3.13. The molecule has 1 aromatic carbocycles. The molecule has 7 heteroatoms. The highest BCUT2D eigenvalue weighted by atomic mass is 35.5. The average Bonchev–Trinajstić information content (AvgIpc) is 2.69. The third-order valence-corrected chi connectivity index (χ3v) is 4.47. The van der Waals surface area contributed by atoms with Crippen molar-refractivity contribution in [1.29, 1.82) is 0 Å². The molecule has 0 aliphatic carbocycles. The quantitative estimate of drug-likeness (QED) is 0.689. The molecule has 136 valence electrons. The first kappa shape index (κ1) is 17.3. The second-order valence-electron chi connectivity index (χ2n) is 6.17. The first-order valence-corrected chi connectivity index (χ1v) is 8.88. The van der Waals surface area contributed by atoms with E-state index in [0.717, 1.165) is 17.1 Å². The molecule has 0 saturated heterocycles. The van der Waals surface area contributed by atoms with Gasteiger partial charge in [0.05, 0.1) is 29.7 Å². The van der Waals surface area contributed by atoms with Gasteiger partial charge >= 0.3 is 0 Å². The molecule has 1 amide bonds. The number of hydrogen-bond acceptors (Lipinski definition) is 5. The van der Waals surface area contributed by atoms with Crippen LogP contribution in [0.1, 0.15) is 15.9 Å². The maximum atomic E-state index is 12.8. The summed E-state index contributed by atoms with van der Waals surface area (Å²) in [4.78, 5) is 23.3. The number of anilines is 3. The van der Waals surface area contributed by atoms with E-state index in [1.807, 2.05) is 37.4 Å². The minimum atomic E-state index is -0.269. The van der Waals surface area contributed by atoms with E-state index in [1.165, 1.54) is 6.20 Å². The van der Waals surface area contributed by atoms with Gasteiger partial charge in [-0.15, -0.1) is 0 Å². The summed E-state index contributed by atoms with van der Waals surface area (Å²) in [6, 6.07) is 12.8. The van der Waals surface area contributed by atoms with Crippen molar-refractivity contribution >= 4 is 34.7 Å². The van der Waals surface area contributed by atoms with Gasteiger partial charge in [0.25, 0.3) is 5.91 Å². The zero-order chi connectivity index (χ0) is 18.8. The summed E-state index contributed by atoms with van der Waals surface area (Å²) in [6.07, 6.45) is 3.34. The van der Waals surface area contributed by atoms with Crippen molar-refractivity contribution in [2.24, 2.45) is 0 Å². The van der Waals surface area contributed by atoms with E-state index in [2.05, 4.69) is 20.2 Å². The molecule has 3 aromatic rings. The Morgan fingerprint density at radius 1 is 1.15 bits per heavy atom. The van der Waals surface area contributed by atoms with Gasteiger partial charge in [-0.05, 0) is 42.8 Å². The largest absolute Gasteiger partial charge is 0.489 e. The molecule has 0 bridgehead atoms. The third-order valence-electron chi connectivity index (χ3n) is 4.25. The van der Waals surface area contributed by atoms with Gasteiger partial charge in [0.2, 0.25) is 0 Å². The van der Waals surface area contributed by atoms with Crippen LogP contribution in [0.4, 0.5) is 17.2 Å². The third kappa shape index (κ3) is 3.57. The average molecular weight is 381 g/mol. The second-order valence-corrected chi connectivity index (χ2v) is 6.56. The van der Waals surface area contributed by atoms with Crippen LogP contribution in [-0.2, 0) is 0 Å². The monoisotopic (exact) mass is 380 g/mol. The maximum absolute atomic E-state index is 12.8. The molecule has 6 nitrogen and oxygen atoms in total. The molecule has 1 N–H and O–H groups in total. The second kappa shape index (κ2) is 7.25. The van der Waals surface area contributed by atoms with Crippen molar-refractivity contribution < 1.29 is 9.53 Å². The zero-order valence-corrected chi connectivity index (χ0v) is 15.4. The van der Waals surface area contributed by atoms with Gasteiger partial charge in [-0.1, -0.05) is 23.7 Å². The Morgan fingerprint density at radius 2 is 2.04 bits per heavy atom. The van der Waals surface area contributed by atoms with Crippen molar-refractivity contribution in [3.05, 3.63) is 71.1 Å². The minimum Gasteiger partial charge on any atom is -0.489 e. The smallest absolute Gasteiger partial charge is 0.259 e. The Kier molecular flexibility index (Phi) is 4.64. The van der Waals surface area contributed by atoms with Crippen LogP contribution in [-0.4, -0.2) is 29.0 Å². The van der Waals surface area contributed by atoms with Crippen LogP contribution >= 0.6 is 11.6 Å². The van der Waals surface area contributed by atoms with E-state index in [9.17, 15) is 4.79 Å². The number of carbonyl (C=O) groups excluding carboxylic acids is 1. The van der Waals surface area contributed by atoms with Crippen LogP contribution in [0.15, 0.2) is 54.9 Å². The predicted octanol–water partition coefficient (Wildman–Crippen LogP) is 4.22. The molecule has 0 unspecified atom stereocenters. The van der Waals surface area contributed by atoms with E-state index in [0.29, 0.717) is 35.3 Å². The topological polar surface area (TPSA) is 67.3 Å². The Hall–Kier alpha value is -3.12. The van der Waals surface area contributed by atoms with Crippen LogP contribution in [0.5, 0.6) is 5.75 Å². The number of nitrogens with zero attached hydrogens (tertiary/aromatic N) is 3. The molecule has 0 radical (unpaired) electrons.